The van der Waals surface area contributed by atoms with Crippen molar-refractivity contribution < 1.29 is 41.9 Å². The fraction of sp³-hybridized carbons (Fsp3) is 0.810. The SMILES string of the molecule is C=CCCC[Si](CCC(C)CO)(OCC(C)CO)OCC(C)CC[Si](CCCS)(OCC(C)CO)OCC(C)CO[Si]1(CCc2ccccc2)CC(C)CO1. The van der Waals surface area contributed by atoms with E-state index in [-0.39, 0.29) is 49.4 Å². The van der Waals surface area contributed by atoms with Crippen molar-refractivity contribution in [2.75, 3.05) is 65.2 Å². The van der Waals surface area contributed by atoms with E-state index in [1.807, 2.05) is 19.9 Å². The maximum Gasteiger partial charge on any atom is 0.338 e. The van der Waals surface area contributed by atoms with Crippen LogP contribution in [0.1, 0.15) is 79.2 Å². The Labute approximate surface area is 344 Å². The van der Waals surface area contributed by atoms with Crippen molar-refractivity contribution >= 4 is 38.3 Å². The number of rotatable bonds is 34. The monoisotopic (exact) mass is 844 g/mol. The Kier molecular flexibility index (Phi) is 26.0. The summed E-state index contributed by atoms with van der Waals surface area (Å²) in [5.41, 5.74) is 1.33. The third-order valence-corrected chi connectivity index (χ3v) is 21.9. The average molecular weight is 845 g/mol. The van der Waals surface area contributed by atoms with Gasteiger partial charge < -0.3 is 41.9 Å². The van der Waals surface area contributed by atoms with Crippen molar-refractivity contribution in [2.24, 2.45) is 35.5 Å². The molecule has 9 nitrogen and oxygen atoms in total. The van der Waals surface area contributed by atoms with Crippen LogP contribution in [0.3, 0.4) is 0 Å². The molecule has 1 aromatic carbocycles. The largest absolute Gasteiger partial charge is 0.396 e. The lowest BCUT2D eigenvalue weighted by Gasteiger charge is -2.35. The van der Waals surface area contributed by atoms with Gasteiger partial charge in [-0.1, -0.05) is 78.0 Å². The van der Waals surface area contributed by atoms with E-state index in [1.165, 1.54) is 5.56 Å². The van der Waals surface area contributed by atoms with Gasteiger partial charge in [-0.15, -0.1) is 6.58 Å². The van der Waals surface area contributed by atoms with Gasteiger partial charge in [-0.3, -0.25) is 0 Å². The molecular weight excluding hydrogens is 765 g/mol. The second-order valence-corrected chi connectivity index (χ2v) is 27.6. The first-order chi connectivity index (χ1) is 26.4. The molecule has 1 aromatic rings. The first-order valence-electron chi connectivity index (χ1n) is 21.3. The van der Waals surface area contributed by atoms with Crippen molar-refractivity contribution in [3.05, 3.63) is 48.6 Å². The van der Waals surface area contributed by atoms with Gasteiger partial charge in [-0.05, 0) is 104 Å². The van der Waals surface area contributed by atoms with Crippen molar-refractivity contribution in [1.82, 2.24) is 0 Å². The first-order valence-corrected chi connectivity index (χ1v) is 28.6. The summed E-state index contributed by atoms with van der Waals surface area (Å²) in [7, 11) is -7.70. The quantitative estimate of drug-likeness (QED) is 0.0235. The van der Waals surface area contributed by atoms with Crippen molar-refractivity contribution in [3.8, 4) is 0 Å². The molecule has 3 N–H and O–H groups in total. The van der Waals surface area contributed by atoms with E-state index in [9.17, 15) is 15.3 Å². The van der Waals surface area contributed by atoms with Crippen LogP contribution in [0.4, 0.5) is 0 Å². The Balaban J connectivity index is 2.16. The Morgan fingerprint density at radius 3 is 1.80 bits per heavy atom. The molecule has 1 aliphatic heterocycles. The summed E-state index contributed by atoms with van der Waals surface area (Å²) in [6, 6.07) is 15.9. The normalized spacial score (nSPS) is 22.4. The minimum absolute atomic E-state index is 0.0203. The van der Waals surface area contributed by atoms with Gasteiger partial charge in [0.1, 0.15) is 0 Å². The molecule has 320 valence electrons. The fourth-order valence-corrected chi connectivity index (χ4v) is 18.6. The molecule has 1 heterocycles. The number of thiol groups is 1. The van der Waals surface area contributed by atoms with Gasteiger partial charge in [-0.2, -0.15) is 12.6 Å². The molecule has 9 atom stereocenters. The number of hydrogen-bond donors (Lipinski definition) is 4. The minimum atomic E-state index is -2.72. The third kappa shape index (κ3) is 20.4. The zero-order valence-corrected chi connectivity index (χ0v) is 39.3. The van der Waals surface area contributed by atoms with E-state index >= 15 is 0 Å². The summed E-state index contributed by atoms with van der Waals surface area (Å²) in [6.45, 7) is 20.4. The molecule has 1 aliphatic rings. The molecule has 0 amide bonds. The Hall–Kier alpha value is -0.399. The van der Waals surface area contributed by atoms with Gasteiger partial charge in [0.25, 0.3) is 0 Å². The van der Waals surface area contributed by atoms with Crippen LogP contribution in [0.2, 0.25) is 36.3 Å². The van der Waals surface area contributed by atoms with Crippen molar-refractivity contribution in [3.63, 3.8) is 0 Å². The number of aliphatic hydroxyl groups excluding tert-OH is 3. The standard InChI is InChI=1S/C42H80O9SSi3/c1-8-9-13-21-53(23-17-36(2)26-43,47-30-38(4)27-44)46-29-37(3)18-24-54(22-14-20-52,48-31-39(5)28-45)49-32-40(6)33-50-55(35-41(7)34-51-55)25-19-42-15-11-10-12-16-42/h8,10-12,15-16,36-41,43-45,52H,1,9,13-14,17-35H2,2-7H3. The highest BCUT2D eigenvalue weighted by molar-refractivity contribution is 7.80. The zero-order valence-electron chi connectivity index (χ0n) is 35.4. The van der Waals surface area contributed by atoms with Gasteiger partial charge in [0, 0.05) is 77.2 Å². The minimum Gasteiger partial charge on any atom is -0.396 e. The van der Waals surface area contributed by atoms with E-state index in [0.29, 0.717) is 39.0 Å². The summed E-state index contributed by atoms with van der Waals surface area (Å²) in [5.74, 6) is 1.90. The number of allylic oxidation sites excluding steroid dienone is 1. The molecule has 1 saturated heterocycles. The van der Waals surface area contributed by atoms with Gasteiger partial charge in [0.15, 0.2) is 0 Å². The second-order valence-electron chi connectivity index (χ2n) is 17.1. The fourth-order valence-electron chi connectivity index (χ4n) is 6.78. The first kappa shape index (κ1) is 50.7. The van der Waals surface area contributed by atoms with Gasteiger partial charge in [0.2, 0.25) is 0 Å². The van der Waals surface area contributed by atoms with Crippen LogP contribution in [0.25, 0.3) is 0 Å². The zero-order chi connectivity index (χ0) is 40.6. The van der Waals surface area contributed by atoms with E-state index < -0.39 is 25.7 Å². The number of aliphatic hydroxyl groups is 3. The van der Waals surface area contributed by atoms with E-state index in [4.69, 9.17) is 26.6 Å². The third-order valence-electron chi connectivity index (χ3n) is 10.7. The van der Waals surface area contributed by atoms with Crippen LogP contribution in [-0.2, 0) is 33.0 Å². The molecular formula is C42H80O9SSi3. The second kappa shape index (κ2) is 28.1. The van der Waals surface area contributed by atoms with Crippen LogP contribution in [0.15, 0.2) is 43.0 Å². The van der Waals surface area contributed by atoms with E-state index in [2.05, 4.69) is 77.2 Å². The summed E-state index contributed by atoms with van der Waals surface area (Å²) in [5, 5.41) is 29.4. The smallest absolute Gasteiger partial charge is 0.338 e. The molecule has 1 fully saturated rings. The number of benzene rings is 1. The molecule has 0 bridgehead atoms. The summed E-state index contributed by atoms with van der Waals surface area (Å²) in [4.78, 5) is 0. The van der Waals surface area contributed by atoms with Crippen molar-refractivity contribution in [1.29, 1.82) is 0 Å². The Morgan fingerprint density at radius 2 is 1.29 bits per heavy atom. The molecule has 0 spiro atoms. The lowest BCUT2D eigenvalue weighted by atomic mass is 10.1. The lowest BCUT2D eigenvalue weighted by molar-refractivity contribution is 0.0911. The van der Waals surface area contributed by atoms with E-state index in [1.54, 1.807) is 0 Å². The summed E-state index contributed by atoms with van der Waals surface area (Å²) in [6.07, 6.45) is 7.39. The predicted octanol–water partition coefficient (Wildman–Crippen LogP) is 8.53. The van der Waals surface area contributed by atoms with Gasteiger partial charge in [-0.25, -0.2) is 0 Å². The van der Waals surface area contributed by atoms with Gasteiger partial charge >= 0.3 is 25.7 Å². The summed E-state index contributed by atoms with van der Waals surface area (Å²) < 4.78 is 40.7. The molecule has 2 rings (SSSR count). The number of unbranched alkanes of at least 4 members (excludes halogenated alkanes) is 1. The molecule has 0 aliphatic carbocycles. The summed E-state index contributed by atoms with van der Waals surface area (Å²) >= 11 is 4.58. The van der Waals surface area contributed by atoms with Crippen LogP contribution in [-0.4, -0.2) is 106 Å². The van der Waals surface area contributed by atoms with Crippen LogP contribution >= 0.6 is 12.6 Å². The van der Waals surface area contributed by atoms with Crippen LogP contribution in [0, 0.1) is 35.5 Å². The highest BCUT2D eigenvalue weighted by Gasteiger charge is 2.45. The van der Waals surface area contributed by atoms with Crippen LogP contribution < -0.4 is 0 Å². The maximum atomic E-state index is 9.89. The average Bonchev–Trinajstić information content (AvgIpc) is 3.59. The Bertz CT molecular complexity index is 1110. The highest BCUT2D eigenvalue weighted by atomic mass is 32.1. The molecule has 0 radical (unpaired) electrons. The van der Waals surface area contributed by atoms with Gasteiger partial charge in [0.05, 0.1) is 0 Å². The molecule has 55 heavy (non-hydrogen) atoms. The Morgan fingerprint density at radius 1 is 0.764 bits per heavy atom. The van der Waals surface area contributed by atoms with E-state index in [0.717, 1.165) is 87.1 Å². The molecule has 0 saturated carbocycles. The number of hydrogen-bond acceptors (Lipinski definition) is 10. The predicted molar refractivity (Wildman–Crippen MR) is 235 cm³/mol. The number of aryl methyl sites for hydroxylation is 1. The van der Waals surface area contributed by atoms with Crippen molar-refractivity contribution in [2.45, 2.75) is 116 Å². The van der Waals surface area contributed by atoms with Crippen LogP contribution in [0.5, 0.6) is 0 Å². The maximum absolute atomic E-state index is 9.89. The molecule has 13 heteroatoms. The lowest BCUT2D eigenvalue weighted by Crippen LogP contribution is -2.46. The molecule has 0 aromatic heterocycles. The highest BCUT2D eigenvalue weighted by Crippen LogP contribution is 2.34. The molecule has 9 unspecified atom stereocenters. The topological polar surface area (TPSA) is 116 Å².